The van der Waals surface area contributed by atoms with Crippen molar-refractivity contribution < 1.29 is 22.8 Å². The summed E-state index contributed by atoms with van der Waals surface area (Å²) >= 11 is 5.48. The Balaban J connectivity index is 2.83. The highest BCUT2D eigenvalue weighted by Gasteiger charge is 2.33. The molecule has 22 heavy (non-hydrogen) atoms. The molecule has 0 bridgehead atoms. The molecule has 0 fully saturated rings. The number of nitrogens with one attached hydrogen (secondary N) is 1. The number of unbranched alkanes of at least 4 members (excludes halogenated alkanes) is 1. The number of carbonyl (C=O) groups excluding carboxylic acids is 2. The Bertz CT molecular complexity index is 562. The lowest BCUT2D eigenvalue weighted by Crippen LogP contribution is -2.37. The lowest BCUT2D eigenvalue weighted by Gasteiger charge is -2.16. The normalized spacial score (nSPS) is 11.2. The van der Waals surface area contributed by atoms with E-state index in [0.29, 0.717) is 12.6 Å². The van der Waals surface area contributed by atoms with Gasteiger partial charge in [-0.15, -0.1) is 0 Å². The molecule has 0 radical (unpaired) electrons. The number of hydrogen-bond donors (Lipinski definition) is 1. The van der Waals surface area contributed by atoms with Gasteiger partial charge in [-0.05, 0) is 24.6 Å². The minimum Gasteiger partial charge on any atom is -0.338 e. The number of benzene rings is 1. The van der Waals surface area contributed by atoms with Crippen molar-refractivity contribution in [2.24, 2.45) is 0 Å². The van der Waals surface area contributed by atoms with Crippen molar-refractivity contribution in [2.45, 2.75) is 25.9 Å². The molecule has 0 spiro atoms. The summed E-state index contributed by atoms with van der Waals surface area (Å²) in [4.78, 5) is 24.7. The van der Waals surface area contributed by atoms with Crippen molar-refractivity contribution >= 4 is 29.1 Å². The van der Waals surface area contributed by atoms with Gasteiger partial charge in [0.1, 0.15) is 0 Å². The van der Waals surface area contributed by atoms with E-state index in [9.17, 15) is 22.8 Å². The zero-order chi connectivity index (χ0) is 16.9. The standard InChI is InChI=1S/C14H16ClF3N2O2/c1-3-4-7-20(2)13(22)12(21)19-9-5-6-11(15)10(8-9)14(16,17)18/h5-6,8H,3-4,7H2,1-2H3,(H,19,21). The van der Waals surface area contributed by atoms with Gasteiger partial charge in [0.05, 0.1) is 10.6 Å². The zero-order valence-electron chi connectivity index (χ0n) is 12.1. The second-order valence-electron chi connectivity index (χ2n) is 4.73. The van der Waals surface area contributed by atoms with Crippen LogP contribution in [0, 0.1) is 0 Å². The molecule has 0 saturated carbocycles. The van der Waals surface area contributed by atoms with Gasteiger partial charge in [-0.3, -0.25) is 9.59 Å². The van der Waals surface area contributed by atoms with Crippen molar-refractivity contribution in [3.8, 4) is 0 Å². The molecule has 0 unspecified atom stereocenters. The van der Waals surface area contributed by atoms with E-state index in [1.807, 2.05) is 6.92 Å². The number of nitrogens with zero attached hydrogens (tertiary/aromatic N) is 1. The largest absolute Gasteiger partial charge is 0.417 e. The highest BCUT2D eigenvalue weighted by Crippen LogP contribution is 2.36. The van der Waals surface area contributed by atoms with Crippen molar-refractivity contribution in [2.75, 3.05) is 18.9 Å². The Morgan fingerprint density at radius 1 is 1.32 bits per heavy atom. The summed E-state index contributed by atoms with van der Waals surface area (Å²) in [6, 6.07) is 2.92. The summed E-state index contributed by atoms with van der Waals surface area (Å²) in [5, 5.41) is 1.67. The van der Waals surface area contributed by atoms with Gasteiger partial charge in [0.2, 0.25) is 0 Å². The molecule has 0 atom stereocenters. The van der Waals surface area contributed by atoms with Crippen LogP contribution in [0.2, 0.25) is 5.02 Å². The first-order chi connectivity index (χ1) is 10.2. The maximum atomic E-state index is 12.7. The van der Waals surface area contributed by atoms with E-state index in [4.69, 9.17) is 11.6 Å². The molecule has 2 amide bonds. The fraction of sp³-hybridized carbons (Fsp3) is 0.429. The van der Waals surface area contributed by atoms with E-state index in [0.717, 1.165) is 18.9 Å². The SMILES string of the molecule is CCCCN(C)C(=O)C(=O)Nc1ccc(Cl)c(C(F)(F)F)c1. The van der Waals surface area contributed by atoms with E-state index in [2.05, 4.69) is 5.32 Å². The van der Waals surface area contributed by atoms with E-state index in [1.165, 1.54) is 18.0 Å². The third-order valence-electron chi connectivity index (χ3n) is 2.92. The molecular weight excluding hydrogens is 321 g/mol. The molecule has 1 N–H and O–H groups in total. The number of carbonyl (C=O) groups is 2. The van der Waals surface area contributed by atoms with Gasteiger partial charge in [-0.2, -0.15) is 13.2 Å². The van der Waals surface area contributed by atoms with Crippen molar-refractivity contribution in [3.63, 3.8) is 0 Å². The summed E-state index contributed by atoms with van der Waals surface area (Å²) < 4.78 is 38.2. The van der Waals surface area contributed by atoms with E-state index >= 15 is 0 Å². The van der Waals surface area contributed by atoms with Crippen LogP contribution < -0.4 is 5.32 Å². The van der Waals surface area contributed by atoms with E-state index in [-0.39, 0.29) is 5.69 Å². The summed E-state index contributed by atoms with van der Waals surface area (Å²) in [6.07, 6.45) is -3.06. The van der Waals surface area contributed by atoms with Gasteiger partial charge in [0.15, 0.2) is 0 Å². The molecule has 0 saturated heterocycles. The first kappa shape index (κ1) is 18.3. The van der Waals surface area contributed by atoms with Crippen LogP contribution in [0.25, 0.3) is 0 Å². The molecule has 1 rings (SSSR count). The number of likely N-dealkylation sites (N-methyl/N-ethyl adjacent to an activating group) is 1. The van der Waals surface area contributed by atoms with Crippen LogP contribution in [-0.4, -0.2) is 30.3 Å². The van der Waals surface area contributed by atoms with Gasteiger partial charge < -0.3 is 10.2 Å². The lowest BCUT2D eigenvalue weighted by molar-refractivity contribution is -0.142. The van der Waals surface area contributed by atoms with Gasteiger partial charge in [0, 0.05) is 19.3 Å². The summed E-state index contributed by atoms with van der Waals surface area (Å²) in [6.45, 7) is 2.34. The quantitative estimate of drug-likeness (QED) is 0.855. The molecule has 4 nitrogen and oxygen atoms in total. The molecule has 8 heteroatoms. The Labute approximate surface area is 131 Å². The minimum atomic E-state index is -4.64. The van der Waals surface area contributed by atoms with Gasteiger partial charge in [0.25, 0.3) is 0 Å². The highest BCUT2D eigenvalue weighted by atomic mass is 35.5. The lowest BCUT2D eigenvalue weighted by atomic mass is 10.2. The van der Waals surface area contributed by atoms with E-state index in [1.54, 1.807) is 0 Å². The topological polar surface area (TPSA) is 49.4 Å². The molecule has 0 aromatic heterocycles. The molecule has 0 aliphatic rings. The number of hydrogen-bond acceptors (Lipinski definition) is 2. The first-order valence-electron chi connectivity index (χ1n) is 6.60. The van der Waals surface area contributed by atoms with Gasteiger partial charge >= 0.3 is 18.0 Å². The molecule has 0 heterocycles. The molecule has 1 aromatic carbocycles. The average molecular weight is 337 g/mol. The molecule has 0 aliphatic heterocycles. The minimum absolute atomic E-state index is 0.140. The van der Waals surface area contributed by atoms with Crippen molar-refractivity contribution in [3.05, 3.63) is 28.8 Å². The Kier molecular flexibility index (Phi) is 6.22. The predicted molar refractivity (Wildman–Crippen MR) is 77.6 cm³/mol. The third kappa shape index (κ3) is 4.91. The summed E-state index contributed by atoms with van der Waals surface area (Å²) in [5.74, 6) is -1.80. The number of alkyl halides is 3. The van der Waals surface area contributed by atoms with Crippen molar-refractivity contribution in [1.29, 1.82) is 0 Å². The zero-order valence-corrected chi connectivity index (χ0v) is 12.9. The van der Waals surface area contributed by atoms with Crippen LogP contribution in [0.4, 0.5) is 18.9 Å². The fourth-order valence-electron chi connectivity index (χ4n) is 1.68. The summed E-state index contributed by atoms with van der Waals surface area (Å²) in [7, 11) is 1.46. The smallest absolute Gasteiger partial charge is 0.338 e. The second-order valence-corrected chi connectivity index (χ2v) is 5.13. The molecule has 0 aliphatic carbocycles. The number of amides is 2. The molecule has 1 aromatic rings. The Hall–Kier alpha value is -1.76. The van der Waals surface area contributed by atoms with Crippen LogP contribution in [0.15, 0.2) is 18.2 Å². The number of rotatable bonds is 4. The van der Waals surface area contributed by atoms with Crippen LogP contribution >= 0.6 is 11.6 Å². The maximum Gasteiger partial charge on any atom is 0.417 e. The molecular formula is C14H16ClF3N2O2. The predicted octanol–water partition coefficient (Wildman–Crippen LogP) is 3.56. The van der Waals surface area contributed by atoms with Crippen LogP contribution in [0.1, 0.15) is 25.3 Å². The van der Waals surface area contributed by atoms with Gasteiger partial charge in [-0.25, -0.2) is 0 Å². The van der Waals surface area contributed by atoms with E-state index < -0.39 is 28.6 Å². The Morgan fingerprint density at radius 2 is 1.95 bits per heavy atom. The van der Waals surface area contributed by atoms with Crippen LogP contribution in [-0.2, 0) is 15.8 Å². The fourth-order valence-corrected chi connectivity index (χ4v) is 1.90. The maximum absolute atomic E-state index is 12.7. The Morgan fingerprint density at radius 3 is 2.50 bits per heavy atom. The molecule has 122 valence electrons. The first-order valence-corrected chi connectivity index (χ1v) is 6.97. The highest BCUT2D eigenvalue weighted by molar-refractivity contribution is 6.39. The van der Waals surface area contributed by atoms with Crippen molar-refractivity contribution in [1.82, 2.24) is 4.90 Å². The third-order valence-corrected chi connectivity index (χ3v) is 3.25. The number of anilines is 1. The average Bonchev–Trinajstić information content (AvgIpc) is 2.44. The van der Waals surface area contributed by atoms with Gasteiger partial charge in [-0.1, -0.05) is 24.9 Å². The number of halogens is 4. The van der Waals surface area contributed by atoms with Crippen LogP contribution in [0.5, 0.6) is 0 Å². The van der Waals surface area contributed by atoms with Crippen LogP contribution in [0.3, 0.4) is 0 Å². The monoisotopic (exact) mass is 336 g/mol. The second kappa shape index (κ2) is 7.49. The summed E-state index contributed by atoms with van der Waals surface area (Å²) in [5.41, 5.74) is -1.21.